The molecule has 1 saturated carbocycles. The van der Waals surface area contributed by atoms with E-state index in [0.29, 0.717) is 40.4 Å². The Labute approximate surface area is 496 Å². The van der Waals surface area contributed by atoms with Crippen LogP contribution in [0.4, 0.5) is 15.8 Å². The first-order chi connectivity index (χ1) is 39.8. The van der Waals surface area contributed by atoms with Crippen LogP contribution >= 0.6 is 34.5 Å². The molecule has 0 radical (unpaired) electrons. The third-order valence-corrected chi connectivity index (χ3v) is 17.7. The standard InChI is InChI=1S/C61H71Cl2FN8O10S/c1-36-52(83-35-67-36)38-13-11-37(12-14-38)33-66-55(76)47-32-42(73)34-72(47)57(78)53(59(2,3)4)70-48(74)21-25-80-27-29-82-30-28-81-26-24-65-54(75)39-15-18-41(19-16-39)68-56(77)51-49(43-9-8-10-45(63)50(43)64)61(60(71-51)22-6-5-7-23-60)44-20-17-40(62)31-46(44)69-58(61)79/h8-20,31,35,42,47,49,51,53,71,73H,5-7,21-30,32-34H2,1-4H3,(H,65,75)(H,66,76)(H,68,77)(H,69,79)(H,70,74)/t42-,47+,49+,51-,53-,61-/m1/s1. The normalized spacial score (nSPS) is 21.2. The van der Waals surface area contributed by atoms with Crippen molar-refractivity contribution in [1.29, 1.82) is 0 Å². The Hall–Kier alpha value is -6.36. The molecule has 9 rings (SSSR count). The fourth-order valence-corrected chi connectivity index (χ4v) is 13.4. The van der Waals surface area contributed by atoms with Crippen LogP contribution in [0.15, 0.2) is 90.4 Å². The van der Waals surface area contributed by atoms with Crippen molar-refractivity contribution in [2.45, 2.75) is 120 Å². The first kappa shape index (κ1) is 61.2. The highest BCUT2D eigenvalue weighted by atomic mass is 35.5. The minimum absolute atomic E-state index is 0.0208. The maximum absolute atomic E-state index is 16.3. The first-order valence-corrected chi connectivity index (χ1v) is 29.8. The number of β-amino-alcohol motifs (C(OH)–C–C–N with tert-alkyl or cyclic N) is 1. The van der Waals surface area contributed by atoms with E-state index in [4.69, 9.17) is 37.4 Å². The Morgan fingerprint density at radius 3 is 2.27 bits per heavy atom. The summed E-state index contributed by atoms with van der Waals surface area (Å²) in [6.45, 7) is 9.09. The van der Waals surface area contributed by atoms with Gasteiger partial charge in [0.25, 0.3) is 5.91 Å². The number of hydrogen-bond acceptors (Lipinski definition) is 13. The summed E-state index contributed by atoms with van der Waals surface area (Å²) in [4.78, 5) is 89.6. The predicted octanol–water partition coefficient (Wildman–Crippen LogP) is 7.83. The Balaban J connectivity index is 0.671. The molecule has 5 aromatic rings. The monoisotopic (exact) mass is 1200 g/mol. The number of carbonyl (C=O) groups excluding carboxylic acids is 6. The number of halogens is 3. The number of amides is 6. The van der Waals surface area contributed by atoms with Gasteiger partial charge < -0.3 is 50.8 Å². The number of likely N-dealkylation sites (tertiary alicyclic amines) is 1. The summed E-state index contributed by atoms with van der Waals surface area (Å²) in [7, 11) is 0. The molecule has 22 heteroatoms. The molecule has 442 valence electrons. The number of aromatic nitrogens is 1. The highest BCUT2D eigenvalue weighted by molar-refractivity contribution is 7.13. The zero-order valence-electron chi connectivity index (χ0n) is 46.9. The van der Waals surface area contributed by atoms with Crippen LogP contribution in [0.3, 0.4) is 0 Å². The molecule has 2 spiro atoms. The molecular formula is C61H71Cl2FN8O10S. The largest absolute Gasteiger partial charge is 0.391 e. The van der Waals surface area contributed by atoms with Crippen LogP contribution in [-0.4, -0.2) is 133 Å². The van der Waals surface area contributed by atoms with E-state index in [1.54, 1.807) is 71.4 Å². The lowest BCUT2D eigenvalue weighted by Gasteiger charge is -2.47. The Bertz CT molecular complexity index is 3170. The zero-order chi connectivity index (χ0) is 59.1. The van der Waals surface area contributed by atoms with E-state index in [2.05, 4.69) is 36.9 Å². The fraction of sp³-hybridized carbons (Fsp3) is 0.459. The number of carbonyl (C=O) groups is 6. The molecule has 4 aromatic carbocycles. The van der Waals surface area contributed by atoms with E-state index in [1.165, 1.54) is 11.0 Å². The number of nitrogens with one attached hydrogen (secondary N) is 6. The number of benzene rings is 4. The van der Waals surface area contributed by atoms with Crippen LogP contribution in [0.25, 0.3) is 10.4 Å². The molecular weight excluding hydrogens is 1130 g/mol. The molecule has 2 saturated heterocycles. The predicted molar refractivity (Wildman–Crippen MR) is 315 cm³/mol. The number of aliphatic hydroxyl groups excluding tert-OH is 1. The van der Waals surface area contributed by atoms with Crippen molar-refractivity contribution < 1.29 is 52.5 Å². The summed E-state index contributed by atoms with van der Waals surface area (Å²) in [5, 5.41) is 29.1. The van der Waals surface area contributed by atoms with Gasteiger partial charge in [-0.25, -0.2) is 9.37 Å². The molecule has 0 bridgehead atoms. The lowest BCUT2D eigenvalue weighted by molar-refractivity contribution is -0.144. The van der Waals surface area contributed by atoms with Gasteiger partial charge >= 0.3 is 0 Å². The van der Waals surface area contributed by atoms with E-state index in [9.17, 15) is 33.9 Å². The number of anilines is 2. The van der Waals surface area contributed by atoms with Crippen LogP contribution < -0.4 is 31.9 Å². The number of nitrogens with zero attached hydrogens (tertiary/aromatic N) is 2. The quantitative estimate of drug-likeness (QED) is 0.0328. The van der Waals surface area contributed by atoms with Gasteiger partial charge in [-0.3, -0.25) is 34.1 Å². The lowest BCUT2D eigenvalue weighted by Crippen LogP contribution is -2.60. The molecule has 1 aromatic heterocycles. The van der Waals surface area contributed by atoms with Crippen molar-refractivity contribution in [3.05, 3.63) is 134 Å². The van der Waals surface area contributed by atoms with Crippen molar-refractivity contribution in [2.24, 2.45) is 5.41 Å². The van der Waals surface area contributed by atoms with Crippen molar-refractivity contribution in [1.82, 2.24) is 31.2 Å². The minimum atomic E-state index is -1.38. The van der Waals surface area contributed by atoms with Gasteiger partial charge in [-0.2, -0.15) is 0 Å². The average molecular weight is 1200 g/mol. The molecule has 4 heterocycles. The fourth-order valence-electron chi connectivity index (χ4n) is 12.2. The Morgan fingerprint density at radius 2 is 1.58 bits per heavy atom. The molecule has 1 aliphatic carbocycles. The average Bonchev–Trinajstić information content (AvgIpc) is 1.62. The van der Waals surface area contributed by atoms with E-state index in [0.717, 1.165) is 41.0 Å². The Kier molecular flexibility index (Phi) is 19.7. The van der Waals surface area contributed by atoms with Crippen molar-refractivity contribution in [3.63, 3.8) is 0 Å². The zero-order valence-corrected chi connectivity index (χ0v) is 49.2. The Morgan fingerprint density at radius 1 is 0.880 bits per heavy atom. The van der Waals surface area contributed by atoms with E-state index in [-0.39, 0.29) is 100 Å². The molecule has 3 aliphatic heterocycles. The second-order valence-corrected chi connectivity index (χ2v) is 24.4. The summed E-state index contributed by atoms with van der Waals surface area (Å²) < 4.78 is 33.1. The number of aryl methyl sites for hydroxylation is 1. The minimum Gasteiger partial charge on any atom is -0.391 e. The molecule has 4 aliphatic rings. The number of ether oxygens (including phenoxy) is 3. The molecule has 3 fully saturated rings. The molecule has 18 nitrogen and oxygen atoms in total. The summed E-state index contributed by atoms with van der Waals surface area (Å²) in [5.41, 5.74) is 3.75. The van der Waals surface area contributed by atoms with Gasteiger partial charge in [0.2, 0.25) is 29.5 Å². The SMILES string of the molecule is Cc1ncsc1-c1ccc(CNC(=O)[C@@H]2C[C@@H](O)CN2C(=O)[C@@H](NC(=O)CCOCCOCCOCCNC(=O)c2ccc(NC(=O)[C@@H]3NC4(CCCCC4)[C@@]4(C(=O)Nc5cc(Cl)ccc54)[C@H]3c3cccc(Cl)c3F)cc2)C(C)(C)C)cc1. The maximum atomic E-state index is 16.3. The highest BCUT2D eigenvalue weighted by Crippen LogP contribution is 2.63. The summed E-state index contributed by atoms with van der Waals surface area (Å²) in [6, 6.07) is 21.1. The molecule has 0 unspecified atom stereocenters. The number of aliphatic hydroxyl groups is 1. The third-order valence-electron chi connectivity index (χ3n) is 16.2. The van der Waals surface area contributed by atoms with Crippen molar-refractivity contribution in [3.8, 4) is 10.4 Å². The summed E-state index contributed by atoms with van der Waals surface area (Å²) in [6.07, 6.45) is 2.89. The topological polar surface area (TPSA) is 239 Å². The smallest absolute Gasteiger partial charge is 0.251 e. The molecule has 6 amide bonds. The first-order valence-electron chi connectivity index (χ1n) is 28.1. The molecule has 83 heavy (non-hydrogen) atoms. The van der Waals surface area contributed by atoms with Crippen molar-refractivity contribution in [2.75, 3.05) is 63.4 Å². The molecule has 6 atom stereocenters. The second-order valence-electron chi connectivity index (χ2n) is 22.7. The van der Waals surface area contributed by atoms with Gasteiger partial charge in [0.15, 0.2) is 0 Å². The number of hydrogen-bond donors (Lipinski definition) is 7. The summed E-state index contributed by atoms with van der Waals surface area (Å²) in [5.74, 6) is -4.10. The molecule has 7 N–H and O–H groups in total. The van der Waals surface area contributed by atoms with E-state index >= 15 is 4.39 Å². The van der Waals surface area contributed by atoms with Gasteiger partial charge in [-0.05, 0) is 89.9 Å². The van der Waals surface area contributed by atoms with Gasteiger partial charge in [-0.1, -0.05) is 106 Å². The van der Waals surface area contributed by atoms with Crippen molar-refractivity contribution >= 4 is 81.4 Å². The van der Waals surface area contributed by atoms with Crippen LogP contribution in [0.5, 0.6) is 0 Å². The van der Waals surface area contributed by atoms with Crippen LogP contribution in [0.1, 0.15) is 104 Å². The van der Waals surface area contributed by atoms with Crippen LogP contribution in [-0.2, 0) is 50.1 Å². The van der Waals surface area contributed by atoms with Gasteiger partial charge in [0.05, 0.1) is 72.9 Å². The lowest BCUT2D eigenvalue weighted by atomic mass is 9.55. The number of thiazole rings is 1. The van der Waals surface area contributed by atoms with Gasteiger partial charge in [0, 0.05) is 65.9 Å². The highest BCUT2D eigenvalue weighted by Gasteiger charge is 2.72. The summed E-state index contributed by atoms with van der Waals surface area (Å²) >= 11 is 14.4. The number of rotatable bonds is 22. The maximum Gasteiger partial charge on any atom is 0.251 e. The number of fused-ring (bicyclic) bond motifs is 3. The van der Waals surface area contributed by atoms with Gasteiger partial charge in [-0.15, -0.1) is 11.3 Å². The van der Waals surface area contributed by atoms with Gasteiger partial charge in [0.1, 0.15) is 23.3 Å². The third kappa shape index (κ3) is 13.4. The van der Waals surface area contributed by atoms with Crippen LogP contribution in [0.2, 0.25) is 10.0 Å². The van der Waals surface area contributed by atoms with E-state index in [1.807, 2.05) is 52.0 Å². The van der Waals surface area contributed by atoms with E-state index < -0.39 is 70.1 Å². The second kappa shape index (κ2) is 26.7. The van der Waals surface area contributed by atoms with Crippen LogP contribution in [0, 0.1) is 18.2 Å².